The quantitative estimate of drug-likeness (QED) is 0.511. The van der Waals surface area contributed by atoms with Crippen molar-refractivity contribution in [3.05, 3.63) is 77.4 Å². The molecule has 30 heavy (non-hydrogen) atoms. The topological polar surface area (TPSA) is 86.3 Å². The fourth-order valence-electron chi connectivity index (χ4n) is 3.96. The highest BCUT2D eigenvalue weighted by Crippen LogP contribution is 2.33. The van der Waals surface area contributed by atoms with Crippen molar-refractivity contribution in [1.82, 2.24) is 4.57 Å². The number of primary amides is 1. The highest BCUT2D eigenvalue weighted by molar-refractivity contribution is 6.18. The number of fused-ring (bicyclic) bond motifs is 3. The third-order valence-corrected chi connectivity index (χ3v) is 5.19. The van der Waals surface area contributed by atoms with Crippen LogP contribution in [0, 0.1) is 0 Å². The molecule has 0 fully saturated rings. The average Bonchev–Trinajstić information content (AvgIpc) is 3.02. The van der Waals surface area contributed by atoms with Gasteiger partial charge in [-0.3, -0.25) is 9.59 Å². The van der Waals surface area contributed by atoms with Crippen LogP contribution in [0.4, 0.5) is 5.69 Å². The lowest BCUT2D eigenvalue weighted by atomic mass is 10.0. The molecule has 0 atom stereocenters. The monoisotopic (exact) mass is 401 g/mol. The van der Waals surface area contributed by atoms with Gasteiger partial charge in [0.1, 0.15) is 0 Å². The number of ether oxygens (including phenoxy) is 1. The van der Waals surface area contributed by atoms with Crippen LogP contribution in [0.3, 0.4) is 0 Å². The molecule has 0 unspecified atom stereocenters. The van der Waals surface area contributed by atoms with E-state index in [1.807, 2.05) is 48.5 Å². The van der Waals surface area contributed by atoms with Crippen molar-refractivity contribution in [2.75, 3.05) is 12.4 Å². The molecular formula is C24H23N3O3. The van der Waals surface area contributed by atoms with Crippen LogP contribution in [-0.2, 0) is 22.7 Å². The number of carbonyl (C=O) groups excluding carboxylic acids is 2. The van der Waals surface area contributed by atoms with Gasteiger partial charge in [0.25, 0.3) is 0 Å². The Labute approximate surface area is 174 Å². The molecule has 4 rings (SSSR count). The minimum absolute atomic E-state index is 0.122. The molecule has 0 bridgehead atoms. The van der Waals surface area contributed by atoms with Gasteiger partial charge in [-0.15, -0.1) is 0 Å². The van der Waals surface area contributed by atoms with E-state index in [2.05, 4.69) is 16.0 Å². The minimum Gasteiger partial charge on any atom is -0.380 e. The molecule has 0 spiro atoms. The van der Waals surface area contributed by atoms with E-state index in [4.69, 9.17) is 10.5 Å². The number of hydrogen-bond donors (Lipinski definition) is 2. The van der Waals surface area contributed by atoms with Gasteiger partial charge < -0.3 is 20.4 Å². The third kappa shape index (κ3) is 3.53. The van der Waals surface area contributed by atoms with Crippen LogP contribution in [-0.4, -0.2) is 23.5 Å². The lowest BCUT2D eigenvalue weighted by Gasteiger charge is -2.13. The van der Waals surface area contributed by atoms with Gasteiger partial charge in [0.2, 0.25) is 11.8 Å². The first-order valence-corrected chi connectivity index (χ1v) is 9.67. The molecule has 3 N–H and O–H groups in total. The van der Waals surface area contributed by atoms with Crippen LogP contribution in [0.25, 0.3) is 21.8 Å². The number of nitrogens with one attached hydrogen (secondary N) is 1. The van der Waals surface area contributed by atoms with Crippen molar-refractivity contribution in [3.63, 3.8) is 0 Å². The zero-order valence-electron chi connectivity index (χ0n) is 16.9. The van der Waals surface area contributed by atoms with Crippen molar-refractivity contribution >= 4 is 39.3 Å². The summed E-state index contributed by atoms with van der Waals surface area (Å²) in [5.74, 6) is -0.581. The minimum atomic E-state index is -0.459. The summed E-state index contributed by atoms with van der Waals surface area (Å²) in [5.41, 5.74) is 10.8. The number of benzene rings is 3. The molecule has 3 aromatic carbocycles. The van der Waals surface area contributed by atoms with Crippen molar-refractivity contribution in [1.29, 1.82) is 0 Å². The summed E-state index contributed by atoms with van der Waals surface area (Å²) in [4.78, 5) is 23.8. The second-order valence-corrected chi connectivity index (χ2v) is 7.27. The molecule has 1 heterocycles. The molecule has 1 aromatic heterocycles. The van der Waals surface area contributed by atoms with Gasteiger partial charge in [-0.05, 0) is 35.4 Å². The number of methoxy groups -OCH3 is 1. The van der Waals surface area contributed by atoms with Crippen molar-refractivity contribution < 1.29 is 14.3 Å². The Balaban J connectivity index is 1.98. The second-order valence-electron chi connectivity index (χ2n) is 7.27. The predicted molar refractivity (Wildman–Crippen MR) is 119 cm³/mol. The number of amides is 2. The van der Waals surface area contributed by atoms with E-state index in [0.717, 1.165) is 38.6 Å². The molecule has 6 nitrogen and oxygen atoms in total. The normalized spacial score (nSPS) is 11.1. The zero-order chi connectivity index (χ0) is 21.3. The highest BCUT2D eigenvalue weighted by Gasteiger charge is 2.17. The fraction of sp³-hybridized carbons (Fsp3) is 0.167. The molecular weight excluding hydrogens is 378 g/mol. The van der Waals surface area contributed by atoms with Gasteiger partial charge in [-0.1, -0.05) is 36.4 Å². The smallest absolute Gasteiger partial charge is 0.249 e. The van der Waals surface area contributed by atoms with E-state index in [1.165, 1.54) is 6.92 Å². The van der Waals surface area contributed by atoms with Crippen LogP contribution in [0.5, 0.6) is 0 Å². The Hall–Kier alpha value is -3.64. The van der Waals surface area contributed by atoms with E-state index in [0.29, 0.717) is 18.7 Å². The first-order chi connectivity index (χ1) is 14.5. The summed E-state index contributed by atoms with van der Waals surface area (Å²) < 4.78 is 7.45. The van der Waals surface area contributed by atoms with Gasteiger partial charge in [0, 0.05) is 41.6 Å². The van der Waals surface area contributed by atoms with E-state index in [9.17, 15) is 9.59 Å². The molecule has 0 aliphatic heterocycles. The molecule has 2 amide bonds. The predicted octanol–water partition coefficient (Wildman–Crippen LogP) is 4.05. The summed E-state index contributed by atoms with van der Waals surface area (Å²) in [6.07, 6.45) is 0. The fourth-order valence-corrected chi connectivity index (χ4v) is 3.96. The van der Waals surface area contributed by atoms with Crippen molar-refractivity contribution in [3.8, 4) is 0 Å². The number of anilines is 1. The molecule has 152 valence electrons. The molecule has 0 radical (unpaired) electrons. The largest absolute Gasteiger partial charge is 0.380 e. The number of rotatable bonds is 6. The summed E-state index contributed by atoms with van der Waals surface area (Å²) in [6, 6.07) is 19.4. The van der Waals surface area contributed by atoms with Crippen LogP contribution >= 0.6 is 0 Å². The third-order valence-electron chi connectivity index (χ3n) is 5.19. The van der Waals surface area contributed by atoms with E-state index in [-0.39, 0.29) is 5.91 Å². The zero-order valence-corrected chi connectivity index (χ0v) is 16.9. The highest BCUT2D eigenvalue weighted by atomic mass is 16.5. The number of hydrogen-bond acceptors (Lipinski definition) is 3. The van der Waals surface area contributed by atoms with E-state index < -0.39 is 5.91 Å². The van der Waals surface area contributed by atoms with Gasteiger partial charge in [-0.2, -0.15) is 0 Å². The Morgan fingerprint density at radius 1 is 1.03 bits per heavy atom. The van der Waals surface area contributed by atoms with Crippen molar-refractivity contribution in [2.45, 2.75) is 20.1 Å². The first kappa shape index (κ1) is 19.7. The molecule has 0 aliphatic rings. The van der Waals surface area contributed by atoms with Crippen molar-refractivity contribution in [2.24, 2.45) is 5.73 Å². The molecule has 0 saturated carbocycles. The van der Waals surface area contributed by atoms with Gasteiger partial charge in [-0.25, -0.2) is 0 Å². The number of carbonyl (C=O) groups is 2. The molecule has 6 heteroatoms. The maximum atomic E-state index is 12.1. The van der Waals surface area contributed by atoms with Crippen LogP contribution in [0.1, 0.15) is 28.4 Å². The van der Waals surface area contributed by atoms with Gasteiger partial charge >= 0.3 is 0 Å². The average molecular weight is 401 g/mol. The maximum Gasteiger partial charge on any atom is 0.249 e. The SMILES string of the molecule is COCc1ccc2c3c(C(N)=O)cccc3n(Cc3ccccc3NC(C)=O)c2c1. The lowest BCUT2D eigenvalue weighted by Crippen LogP contribution is -2.11. The second kappa shape index (κ2) is 8.00. The molecule has 0 saturated heterocycles. The van der Waals surface area contributed by atoms with Gasteiger partial charge in [0.15, 0.2) is 0 Å². The molecule has 4 aromatic rings. The Bertz CT molecular complexity index is 1270. The number of nitrogens with zero attached hydrogens (tertiary/aromatic N) is 1. The molecule has 0 aliphatic carbocycles. The Morgan fingerprint density at radius 2 is 1.83 bits per heavy atom. The number of nitrogens with two attached hydrogens (primary N) is 1. The van der Waals surface area contributed by atoms with E-state index in [1.54, 1.807) is 13.2 Å². The Morgan fingerprint density at radius 3 is 2.57 bits per heavy atom. The van der Waals surface area contributed by atoms with Crippen LogP contribution < -0.4 is 11.1 Å². The Kier molecular flexibility index (Phi) is 5.25. The standard InChI is InChI=1S/C24H23N3O3/c1-15(28)26-20-8-4-3-6-17(20)13-27-21-9-5-7-19(24(25)29)23(21)18-11-10-16(14-30-2)12-22(18)27/h3-12H,13-14H2,1-2H3,(H2,25,29)(H,26,28). The lowest BCUT2D eigenvalue weighted by molar-refractivity contribution is -0.114. The number of aromatic nitrogens is 1. The van der Waals surface area contributed by atoms with E-state index >= 15 is 0 Å². The first-order valence-electron chi connectivity index (χ1n) is 9.67. The number of para-hydroxylation sites is 1. The summed E-state index contributed by atoms with van der Waals surface area (Å²) in [7, 11) is 1.66. The van der Waals surface area contributed by atoms with Gasteiger partial charge in [0.05, 0.1) is 18.7 Å². The summed E-state index contributed by atoms with van der Waals surface area (Å²) in [6.45, 7) is 2.51. The van der Waals surface area contributed by atoms with Crippen LogP contribution in [0.15, 0.2) is 60.7 Å². The van der Waals surface area contributed by atoms with Crippen LogP contribution in [0.2, 0.25) is 0 Å². The maximum absolute atomic E-state index is 12.1. The summed E-state index contributed by atoms with van der Waals surface area (Å²) >= 11 is 0. The summed E-state index contributed by atoms with van der Waals surface area (Å²) in [5, 5.41) is 4.69.